The second kappa shape index (κ2) is 12.6. The van der Waals surface area contributed by atoms with Crippen molar-refractivity contribution in [3.05, 3.63) is 46.0 Å². The first-order valence-corrected chi connectivity index (χ1v) is 16.4. The van der Waals surface area contributed by atoms with Gasteiger partial charge in [0.2, 0.25) is 0 Å². The Morgan fingerprint density at radius 1 is 1.07 bits per heavy atom. The van der Waals surface area contributed by atoms with E-state index < -0.39 is 49.6 Å². The molecule has 0 amide bonds. The van der Waals surface area contributed by atoms with Crippen LogP contribution in [-0.2, 0) is 14.3 Å². The Morgan fingerprint density at radius 2 is 1.85 bits per heavy atom. The fourth-order valence-electron chi connectivity index (χ4n) is 9.95. The number of ether oxygens (including phenoxy) is 2. The molecule has 1 aliphatic heterocycles. The van der Waals surface area contributed by atoms with Gasteiger partial charge in [0.05, 0.1) is 44.4 Å². The fourth-order valence-corrected chi connectivity index (χ4v) is 9.95. The van der Waals surface area contributed by atoms with Gasteiger partial charge in [0.25, 0.3) is 0 Å². The van der Waals surface area contributed by atoms with Gasteiger partial charge in [-0.25, -0.2) is 4.79 Å². The first-order valence-electron chi connectivity index (χ1n) is 16.4. The van der Waals surface area contributed by atoms with E-state index in [1.54, 1.807) is 11.3 Å². The summed E-state index contributed by atoms with van der Waals surface area (Å²) in [6.45, 7) is 2.60. The molecule has 5 aliphatic rings. The number of alkyl halides is 3. The van der Waals surface area contributed by atoms with Gasteiger partial charge in [-0.3, -0.25) is 10.2 Å². The molecule has 11 atom stereocenters. The Morgan fingerprint density at radius 3 is 2.54 bits per heavy atom. The van der Waals surface area contributed by atoms with Crippen LogP contribution in [0.4, 0.5) is 13.2 Å². The van der Waals surface area contributed by atoms with Crippen molar-refractivity contribution in [3.63, 3.8) is 0 Å². The molecule has 1 saturated heterocycles. The summed E-state index contributed by atoms with van der Waals surface area (Å²) in [7, 11) is 1.49. The molecule has 4 fully saturated rings. The van der Waals surface area contributed by atoms with Gasteiger partial charge < -0.3 is 29.2 Å². The average molecular weight is 657 g/mol. The summed E-state index contributed by atoms with van der Waals surface area (Å²) in [5.41, 5.74) is 0.675. The molecule has 0 radical (unpaired) electrons. The minimum absolute atomic E-state index is 0.0592. The quantitative estimate of drug-likeness (QED) is 0.142. The third kappa shape index (κ3) is 5.78. The van der Waals surface area contributed by atoms with Crippen molar-refractivity contribution in [2.75, 3.05) is 27.1 Å². The van der Waals surface area contributed by atoms with E-state index in [0.717, 1.165) is 44.1 Å². The molecule has 1 aromatic heterocycles. The minimum atomic E-state index is -4.46. The SMILES string of the molecule is CON(C1OC[C@H](NCOCC(F)(F)F)[C@H](O)[C@@H]1O)[C@@H]1C=C2CCC3C(CC[C@]4(C)[C@@H](c5ccc(=O)oc5)CC[C@]34O)[C@@]2(C)CC1. The van der Waals surface area contributed by atoms with Crippen molar-refractivity contribution in [2.45, 2.75) is 113 Å². The number of nitrogens with one attached hydrogen (secondary N) is 1. The Kier molecular flexibility index (Phi) is 9.29. The zero-order chi connectivity index (χ0) is 33.1. The van der Waals surface area contributed by atoms with Crippen LogP contribution in [0.3, 0.4) is 0 Å². The molecule has 0 bridgehead atoms. The van der Waals surface area contributed by atoms with Gasteiger partial charge in [-0.15, -0.1) is 0 Å². The lowest BCUT2D eigenvalue weighted by molar-refractivity contribution is -0.307. The van der Waals surface area contributed by atoms with Crippen LogP contribution in [-0.4, -0.2) is 89.7 Å². The molecule has 13 heteroatoms. The summed E-state index contributed by atoms with van der Waals surface area (Å²) >= 11 is 0. The summed E-state index contributed by atoms with van der Waals surface area (Å²) in [6.07, 6.45) is 2.33. The van der Waals surface area contributed by atoms with Crippen LogP contribution in [0.25, 0.3) is 0 Å². The normalized spacial score (nSPS) is 42.7. The van der Waals surface area contributed by atoms with Crippen LogP contribution in [0.1, 0.15) is 76.7 Å². The minimum Gasteiger partial charge on any atom is -0.431 e. The van der Waals surface area contributed by atoms with Crippen LogP contribution < -0.4 is 10.9 Å². The fraction of sp³-hybridized carbons (Fsp3) is 0.788. The highest BCUT2D eigenvalue weighted by molar-refractivity contribution is 5.31. The van der Waals surface area contributed by atoms with Crippen molar-refractivity contribution in [1.82, 2.24) is 10.4 Å². The van der Waals surface area contributed by atoms with Gasteiger partial charge in [-0.2, -0.15) is 18.2 Å². The molecule has 3 unspecified atom stereocenters. The molecule has 1 aromatic rings. The number of hydrogen-bond acceptors (Lipinski definition) is 10. The summed E-state index contributed by atoms with van der Waals surface area (Å²) < 4.78 is 52.8. The van der Waals surface area contributed by atoms with Gasteiger partial charge >= 0.3 is 11.8 Å². The van der Waals surface area contributed by atoms with Crippen LogP contribution in [0, 0.1) is 22.7 Å². The lowest BCUT2D eigenvalue weighted by Crippen LogP contribution is -2.64. The smallest absolute Gasteiger partial charge is 0.411 e. The maximum Gasteiger partial charge on any atom is 0.411 e. The van der Waals surface area contributed by atoms with Crippen LogP contribution in [0.15, 0.2) is 39.3 Å². The topological polar surface area (TPSA) is 134 Å². The number of aliphatic hydroxyl groups is 3. The van der Waals surface area contributed by atoms with E-state index in [4.69, 9.17) is 14.0 Å². The van der Waals surface area contributed by atoms with Crippen LogP contribution >= 0.6 is 0 Å². The lowest BCUT2D eigenvalue weighted by atomic mass is 9.45. The van der Waals surface area contributed by atoms with E-state index in [1.165, 1.54) is 18.7 Å². The number of hydrogen-bond donors (Lipinski definition) is 4. The van der Waals surface area contributed by atoms with Gasteiger partial charge in [-0.1, -0.05) is 25.5 Å². The van der Waals surface area contributed by atoms with E-state index >= 15 is 0 Å². The first-order chi connectivity index (χ1) is 21.7. The molecule has 4 aliphatic carbocycles. The largest absolute Gasteiger partial charge is 0.431 e. The number of fused-ring (bicyclic) bond motifs is 5. The second-order valence-corrected chi connectivity index (χ2v) is 14.5. The molecule has 2 heterocycles. The first kappa shape index (κ1) is 34.0. The maximum atomic E-state index is 12.5. The van der Waals surface area contributed by atoms with E-state index in [0.29, 0.717) is 18.8 Å². The average Bonchev–Trinajstić information content (AvgIpc) is 3.29. The van der Waals surface area contributed by atoms with E-state index in [1.807, 2.05) is 6.07 Å². The summed E-state index contributed by atoms with van der Waals surface area (Å²) in [5, 5.41) is 38.5. The highest BCUT2D eigenvalue weighted by Crippen LogP contribution is 2.70. The molecule has 10 nitrogen and oxygen atoms in total. The van der Waals surface area contributed by atoms with Gasteiger partial charge in [-0.05, 0) is 86.2 Å². The number of nitrogens with zero attached hydrogens (tertiary/aromatic N) is 1. The van der Waals surface area contributed by atoms with E-state index in [9.17, 15) is 33.3 Å². The van der Waals surface area contributed by atoms with Crippen molar-refractivity contribution < 1.29 is 47.2 Å². The maximum absolute atomic E-state index is 12.5. The number of rotatable bonds is 8. The van der Waals surface area contributed by atoms with Crippen molar-refractivity contribution in [1.29, 1.82) is 0 Å². The van der Waals surface area contributed by atoms with Crippen LogP contribution in [0.2, 0.25) is 0 Å². The summed E-state index contributed by atoms with van der Waals surface area (Å²) in [4.78, 5) is 17.3. The molecule has 0 aromatic carbocycles. The van der Waals surface area contributed by atoms with Gasteiger partial charge in [0.15, 0.2) is 6.23 Å². The summed E-state index contributed by atoms with van der Waals surface area (Å²) in [6, 6.07) is 2.27. The Bertz CT molecular complexity index is 1320. The molecule has 258 valence electrons. The Hall–Kier alpha value is -1.84. The Labute approximate surface area is 266 Å². The Balaban J connectivity index is 1.14. The third-order valence-corrected chi connectivity index (χ3v) is 12.4. The summed E-state index contributed by atoms with van der Waals surface area (Å²) in [5.74, 6) is 0.574. The zero-order valence-electron chi connectivity index (χ0n) is 26.7. The number of hydroxylamine groups is 2. The molecule has 3 saturated carbocycles. The van der Waals surface area contributed by atoms with Gasteiger partial charge in [0, 0.05) is 11.5 Å². The van der Waals surface area contributed by atoms with E-state index in [-0.39, 0.29) is 40.9 Å². The number of allylic oxidation sites excluding steroid dienone is 1. The third-order valence-electron chi connectivity index (χ3n) is 12.4. The molecule has 4 N–H and O–H groups in total. The molecule has 0 spiro atoms. The second-order valence-electron chi connectivity index (χ2n) is 14.5. The van der Waals surface area contributed by atoms with Crippen LogP contribution in [0.5, 0.6) is 0 Å². The lowest BCUT2D eigenvalue weighted by Gasteiger charge is -2.62. The highest BCUT2D eigenvalue weighted by atomic mass is 19.4. The van der Waals surface area contributed by atoms with E-state index in [2.05, 4.69) is 30.0 Å². The predicted molar refractivity (Wildman–Crippen MR) is 159 cm³/mol. The molecule has 46 heavy (non-hydrogen) atoms. The number of aliphatic hydroxyl groups excluding tert-OH is 2. The standard InChI is InChI=1S/C33H47F3N2O8/c1-30-11-8-21(38(43-3)29-28(41)27(40)25(16-46-29)37-18-44-17-33(34,35)36)14-20(30)5-6-24-23(30)9-12-31(2)22(10-13-32(24,31)42)19-4-7-26(39)45-15-19/h4,7,14-15,21-25,27-29,37,40-42H,5-6,8-13,16-18H2,1-3H3/t21-,22+,23?,24?,25-,27-,28-,29?,30-,31+,32-/m0/s1. The molecular weight excluding hydrogens is 609 g/mol. The van der Waals surface area contributed by atoms with Gasteiger partial charge in [0.1, 0.15) is 18.8 Å². The predicted octanol–water partition coefficient (Wildman–Crippen LogP) is 3.61. The highest BCUT2D eigenvalue weighted by Gasteiger charge is 2.66. The van der Waals surface area contributed by atoms with Crippen molar-refractivity contribution >= 4 is 0 Å². The zero-order valence-corrected chi connectivity index (χ0v) is 26.7. The molecule has 6 rings (SSSR count). The monoisotopic (exact) mass is 656 g/mol. The molecular formula is C33H47F3N2O8. The van der Waals surface area contributed by atoms with Crippen molar-refractivity contribution in [3.8, 4) is 0 Å². The van der Waals surface area contributed by atoms with Crippen molar-refractivity contribution in [2.24, 2.45) is 22.7 Å². The number of halogens is 3.